The average Bonchev–Trinajstić information content (AvgIpc) is 2.25. The van der Waals surface area contributed by atoms with E-state index < -0.39 is 0 Å². The highest BCUT2D eigenvalue weighted by atomic mass is 79.9. The van der Waals surface area contributed by atoms with E-state index in [1.807, 2.05) is 0 Å². The van der Waals surface area contributed by atoms with Crippen molar-refractivity contribution < 1.29 is 0 Å². The predicted molar refractivity (Wildman–Crippen MR) is 76.9 cm³/mol. The summed E-state index contributed by atoms with van der Waals surface area (Å²) >= 11 is 7.08. The molecule has 1 saturated carbocycles. The molecule has 0 aliphatic heterocycles. The van der Waals surface area contributed by atoms with Crippen molar-refractivity contribution in [2.24, 2.45) is 5.92 Å². The van der Waals surface area contributed by atoms with E-state index >= 15 is 0 Å². The van der Waals surface area contributed by atoms with Crippen LogP contribution in [0.3, 0.4) is 0 Å². The van der Waals surface area contributed by atoms with Gasteiger partial charge in [0, 0.05) is 20.7 Å². The van der Waals surface area contributed by atoms with Gasteiger partial charge in [0.15, 0.2) is 0 Å². The minimum atomic E-state index is 0.631. The van der Waals surface area contributed by atoms with Crippen molar-refractivity contribution in [3.05, 3.63) is 27.1 Å². The van der Waals surface area contributed by atoms with E-state index in [0.29, 0.717) is 6.04 Å². The van der Waals surface area contributed by atoms with Crippen molar-refractivity contribution in [2.75, 3.05) is 5.32 Å². The standard InChI is InChI=1S/C13H17Br2N/c1-9-4-2-3-5-12(9)16-13-7-6-10(14)8-11(13)15/h6-9,12,16H,2-5H2,1H3. The molecule has 2 unspecified atom stereocenters. The molecule has 3 heteroatoms. The fourth-order valence-corrected chi connectivity index (χ4v) is 3.50. The Bertz CT molecular complexity index is 365. The quantitative estimate of drug-likeness (QED) is 0.775. The van der Waals surface area contributed by atoms with Crippen LogP contribution < -0.4 is 5.32 Å². The summed E-state index contributed by atoms with van der Waals surface area (Å²) < 4.78 is 2.25. The second-order valence-corrected chi connectivity index (χ2v) is 6.41. The lowest BCUT2D eigenvalue weighted by Crippen LogP contribution is -2.30. The second-order valence-electron chi connectivity index (χ2n) is 4.64. The largest absolute Gasteiger partial charge is 0.381 e. The molecule has 1 fully saturated rings. The summed E-state index contributed by atoms with van der Waals surface area (Å²) in [5.41, 5.74) is 1.21. The van der Waals surface area contributed by atoms with E-state index in [-0.39, 0.29) is 0 Å². The third-order valence-electron chi connectivity index (χ3n) is 3.38. The normalized spacial score (nSPS) is 25.4. The monoisotopic (exact) mass is 345 g/mol. The molecule has 1 nitrogen and oxygen atoms in total. The van der Waals surface area contributed by atoms with Crippen LogP contribution in [0.25, 0.3) is 0 Å². The van der Waals surface area contributed by atoms with Gasteiger partial charge in [0.25, 0.3) is 0 Å². The Kier molecular flexibility index (Phi) is 4.31. The number of nitrogens with one attached hydrogen (secondary N) is 1. The summed E-state index contributed by atoms with van der Waals surface area (Å²) in [6.45, 7) is 2.35. The fourth-order valence-electron chi connectivity index (χ4n) is 2.34. The van der Waals surface area contributed by atoms with Crippen molar-refractivity contribution in [3.8, 4) is 0 Å². The highest BCUT2D eigenvalue weighted by molar-refractivity contribution is 9.11. The van der Waals surface area contributed by atoms with Gasteiger partial charge in [0.1, 0.15) is 0 Å². The maximum absolute atomic E-state index is 3.66. The van der Waals surface area contributed by atoms with Crippen LogP contribution >= 0.6 is 31.9 Å². The molecule has 1 N–H and O–H groups in total. The summed E-state index contributed by atoms with van der Waals surface area (Å²) in [5, 5.41) is 3.66. The molecule has 0 radical (unpaired) electrons. The van der Waals surface area contributed by atoms with Crippen LogP contribution in [-0.4, -0.2) is 6.04 Å². The van der Waals surface area contributed by atoms with Crippen molar-refractivity contribution in [2.45, 2.75) is 38.6 Å². The molecule has 2 rings (SSSR count). The van der Waals surface area contributed by atoms with Crippen LogP contribution in [0.1, 0.15) is 32.6 Å². The smallest absolute Gasteiger partial charge is 0.0487 e. The number of benzene rings is 1. The molecule has 0 bridgehead atoms. The summed E-state index contributed by atoms with van der Waals surface area (Å²) in [6, 6.07) is 6.94. The summed E-state index contributed by atoms with van der Waals surface area (Å²) in [6.07, 6.45) is 5.40. The molecular formula is C13H17Br2N. The zero-order valence-electron chi connectivity index (χ0n) is 9.47. The Morgan fingerprint density at radius 2 is 1.94 bits per heavy atom. The molecule has 2 atom stereocenters. The summed E-state index contributed by atoms with van der Waals surface area (Å²) in [5.74, 6) is 0.782. The number of rotatable bonds is 2. The van der Waals surface area contributed by atoms with Crippen LogP contribution in [0.2, 0.25) is 0 Å². The Balaban J connectivity index is 2.07. The third kappa shape index (κ3) is 3.01. The topological polar surface area (TPSA) is 12.0 Å². The van der Waals surface area contributed by atoms with Crippen LogP contribution in [0.4, 0.5) is 5.69 Å². The molecule has 1 aliphatic carbocycles. The fraction of sp³-hybridized carbons (Fsp3) is 0.538. The maximum atomic E-state index is 3.66. The van der Waals surface area contributed by atoms with E-state index in [1.165, 1.54) is 31.4 Å². The molecule has 0 aromatic heterocycles. The molecule has 1 aromatic rings. The van der Waals surface area contributed by atoms with Crippen molar-refractivity contribution in [1.82, 2.24) is 0 Å². The van der Waals surface area contributed by atoms with Gasteiger partial charge in [-0.2, -0.15) is 0 Å². The lowest BCUT2D eigenvalue weighted by molar-refractivity contribution is 0.349. The van der Waals surface area contributed by atoms with Gasteiger partial charge in [-0.3, -0.25) is 0 Å². The van der Waals surface area contributed by atoms with Gasteiger partial charge in [-0.15, -0.1) is 0 Å². The molecule has 88 valence electrons. The van der Waals surface area contributed by atoms with Crippen LogP contribution in [-0.2, 0) is 0 Å². The van der Waals surface area contributed by atoms with Gasteiger partial charge in [-0.05, 0) is 52.9 Å². The number of hydrogen-bond donors (Lipinski definition) is 1. The Hall–Kier alpha value is -0.0200. The molecule has 0 heterocycles. The number of anilines is 1. The number of hydrogen-bond acceptors (Lipinski definition) is 1. The van der Waals surface area contributed by atoms with E-state index in [9.17, 15) is 0 Å². The van der Waals surface area contributed by atoms with Gasteiger partial charge >= 0.3 is 0 Å². The Labute approximate surface area is 114 Å². The Morgan fingerprint density at radius 1 is 1.19 bits per heavy atom. The SMILES string of the molecule is CC1CCCCC1Nc1ccc(Br)cc1Br. The molecule has 0 spiro atoms. The lowest BCUT2D eigenvalue weighted by Gasteiger charge is -2.30. The summed E-state index contributed by atoms with van der Waals surface area (Å²) in [7, 11) is 0. The lowest BCUT2D eigenvalue weighted by atomic mass is 9.86. The van der Waals surface area contributed by atoms with E-state index in [4.69, 9.17) is 0 Å². The van der Waals surface area contributed by atoms with E-state index in [0.717, 1.165) is 14.9 Å². The van der Waals surface area contributed by atoms with Gasteiger partial charge in [0.2, 0.25) is 0 Å². The van der Waals surface area contributed by atoms with Crippen LogP contribution in [0, 0.1) is 5.92 Å². The van der Waals surface area contributed by atoms with Gasteiger partial charge in [0.05, 0.1) is 0 Å². The first-order chi connectivity index (χ1) is 7.66. The second kappa shape index (κ2) is 5.54. The van der Waals surface area contributed by atoms with E-state index in [2.05, 4.69) is 62.3 Å². The van der Waals surface area contributed by atoms with E-state index in [1.54, 1.807) is 0 Å². The molecule has 16 heavy (non-hydrogen) atoms. The average molecular weight is 347 g/mol. The first kappa shape index (κ1) is 12.4. The molecular weight excluding hydrogens is 330 g/mol. The predicted octanol–water partition coefficient (Wildman–Crippen LogP) is 5.20. The first-order valence-corrected chi connectivity index (χ1v) is 7.47. The molecule has 0 amide bonds. The van der Waals surface area contributed by atoms with Crippen molar-refractivity contribution >= 4 is 37.5 Å². The Morgan fingerprint density at radius 3 is 2.62 bits per heavy atom. The first-order valence-electron chi connectivity index (χ1n) is 5.88. The van der Waals surface area contributed by atoms with Gasteiger partial charge < -0.3 is 5.32 Å². The highest BCUT2D eigenvalue weighted by Crippen LogP contribution is 2.31. The zero-order chi connectivity index (χ0) is 11.5. The number of halogens is 2. The van der Waals surface area contributed by atoms with Crippen molar-refractivity contribution in [1.29, 1.82) is 0 Å². The minimum Gasteiger partial charge on any atom is -0.381 e. The van der Waals surface area contributed by atoms with Gasteiger partial charge in [-0.25, -0.2) is 0 Å². The highest BCUT2D eigenvalue weighted by Gasteiger charge is 2.21. The van der Waals surface area contributed by atoms with Crippen LogP contribution in [0.5, 0.6) is 0 Å². The van der Waals surface area contributed by atoms with Crippen molar-refractivity contribution in [3.63, 3.8) is 0 Å². The zero-order valence-corrected chi connectivity index (χ0v) is 12.6. The maximum Gasteiger partial charge on any atom is 0.0487 e. The van der Waals surface area contributed by atoms with Gasteiger partial charge in [-0.1, -0.05) is 35.7 Å². The third-order valence-corrected chi connectivity index (χ3v) is 4.53. The summed E-state index contributed by atoms with van der Waals surface area (Å²) in [4.78, 5) is 0. The van der Waals surface area contributed by atoms with Crippen LogP contribution in [0.15, 0.2) is 27.1 Å². The molecule has 0 saturated heterocycles. The molecule has 1 aromatic carbocycles. The molecule has 1 aliphatic rings. The minimum absolute atomic E-state index is 0.631.